The molecule has 0 spiro atoms. The molecule has 0 aliphatic rings. The third-order valence-electron chi connectivity index (χ3n) is 4.00. The van der Waals surface area contributed by atoms with Gasteiger partial charge in [0.1, 0.15) is 23.6 Å². The number of benzene rings is 1. The fourth-order valence-corrected chi connectivity index (χ4v) is 2.70. The summed E-state index contributed by atoms with van der Waals surface area (Å²) in [7, 11) is 0. The van der Waals surface area contributed by atoms with Crippen molar-refractivity contribution in [1.82, 2.24) is 14.5 Å². The second-order valence-corrected chi connectivity index (χ2v) is 5.16. The van der Waals surface area contributed by atoms with Crippen LogP contribution in [0.15, 0.2) is 30.6 Å². The van der Waals surface area contributed by atoms with E-state index >= 15 is 0 Å². The molecule has 3 rings (SSSR count). The van der Waals surface area contributed by atoms with Gasteiger partial charge in [0.25, 0.3) is 0 Å². The van der Waals surface area contributed by atoms with Gasteiger partial charge in [0.2, 0.25) is 0 Å². The molecule has 0 saturated carbocycles. The average Bonchev–Trinajstić information content (AvgIpc) is 2.72. The number of fused-ring (bicyclic) bond motifs is 1. The average molecular weight is 284 g/mol. The first kappa shape index (κ1) is 13.5. The molecule has 5 heteroatoms. The topological polar surface area (TPSA) is 56.7 Å². The molecule has 0 unspecified atom stereocenters. The number of aryl methyl sites for hydroxylation is 3. The highest BCUT2D eigenvalue weighted by molar-refractivity contribution is 5.90. The Morgan fingerprint density at radius 1 is 1.19 bits per heavy atom. The Hall–Kier alpha value is -2.43. The predicted octanol–water partition coefficient (Wildman–Crippen LogP) is 3.01. The van der Waals surface area contributed by atoms with Crippen molar-refractivity contribution in [2.24, 2.45) is 0 Å². The largest absolute Gasteiger partial charge is 0.383 e. The van der Waals surface area contributed by atoms with Crippen LogP contribution < -0.4 is 5.73 Å². The molecule has 2 N–H and O–H groups in total. The first-order valence-corrected chi connectivity index (χ1v) is 6.89. The lowest BCUT2D eigenvalue weighted by molar-refractivity contribution is 0.593. The number of hydrogen-bond acceptors (Lipinski definition) is 3. The number of aromatic nitrogens is 3. The quantitative estimate of drug-likeness (QED) is 0.804. The highest BCUT2D eigenvalue weighted by Gasteiger charge is 2.15. The highest BCUT2D eigenvalue weighted by Crippen LogP contribution is 2.27. The normalized spacial score (nSPS) is 11.2. The second kappa shape index (κ2) is 5.16. The smallest absolute Gasteiger partial charge is 0.145 e. The van der Waals surface area contributed by atoms with Gasteiger partial charge in [-0.25, -0.2) is 14.4 Å². The molecule has 1 aromatic carbocycles. The molecule has 4 nitrogen and oxygen atoms in total. The molecule has 0 radical (unpaired) electrons. The van der Waals surface area contributed by atoms with Gasteiger partial charge >= 0.3 is 0 Å². The molecule has 0 bridgehead atoms. The van der Waals surface area contributed by atoms with Crippen molar-refractivity contribution in [3.8, 4) is 0 Å². The van der Waals surface area contributed by atoms with Gasteiger partial charge in [-0.15, -0.1) is 0 Å². The number of hydrogen-bond donors (Lipinski definition) is 1. The van der Waals surface area contributed by atoms with Gasteiger partial charge in [0.15, 0.2) is 0 Å². The minimum atomic E-state index is -0.169. The van der Waals surface area contributed by atoms with E-state index in [2.05, 4.69) is 14.5 Å². The Morgan fingerprint density at radius 2 is 1.95 bits per heavy atom. The lowest BCUT2D eigenvalue weighted by Gasteiger charge is -2.08. The van der Waals surface area contributed by atoms with Crippen LogP contribution in [0.3, 0.4) is 0 Å². The summed E-state index contributed by atoms with van der Waals surface area (Å²) in [4.78, 5) is 8.38. The first-order chi connectivity index (χ1) is 10.1. The van der Waals surface area contributed by atoms with Crippen molar-refractivity contribution in [3.63, 3.8) is 0 Å². The molecule has 3 aromatic rings. The minimum absolute atomic E-state index is 0.169. The minimum Gasteiger partial charge on any atom is -0.383 e. The van der Waals surface area contributed by atoms with Crippen LogP contribution in [0, 0.1) is 19.7 Å². The maximum atomic E-state index is 13.7. The molecule has 21 heavy (non-hydrogen) atoms. The summed E-state index contributed by atoms with van der Waals surface area (Å²) in [5.74, 6) is 0.322. The molecule has 0 aliphatic carbocycles. The van der Waals surface area contributed by atoms with E-state index in [1.807, 2.05) is 26.0 Å². The maximum absolute atomic E-state index is 13.7. The van der Waals surface area contributed by atoms with Crippen LogP contribution in [-0.2, 0) is 13.0 Å². The summed E-state index contributed by atoms with van der Waals surface area (Å²) in [6, 6.07) is 6.85. The highest BCUT2D eigenvalue weighted by atomic mass is 19.1. The van der Waals surface area contributed by atoms with Gasteiger partial charge in [0, 0.05) is 12.2 Å². The van der Waals surface area contributed by atoms with E-state index in [1.165, 1.54) is 12.4 Å². The molecule has 0 fully saturated rings. The molecule has 2 aromatic heterocycles. The fraction of sp³-hybridized carbons (Fsp3) is 0.250. The summed E-state index contributed by atoms with van der Waals surface area (Å²) < 4.78 is 15.8. The summed E-state index contributed by atoms with van der Waals surface area (Å²) in [6.45, 7) is 4.70. The van der Waals surface area contributed by atoms with Crippen LogP contribution in [0.2, 0.25) is 0 Å². The van der Waals surface area contributed by atoms with E-state index in [0.29, 0.717) is 24.3 Å². The Kier molecular flexibility index (Phi) is 3.33. The lowest BCUT2D eigenvalue weighted by atomic mass is 10.1. The van der Waals surface area contributed by atoms with Gasteiger partial charge < -0.3 is 10.3 Å². The number of nitrogens with zero attached hydrogens (tertiary/aromatic N) is 3. The SMILES string of the molecule is Cc1c(C)n(CCc2ccccc2F)c2ncnc(N)c12. The third kappa shape index (κ3) is 2.24. The Bertz CT molecular complexity index is 807. The molecule has 2 heterocycles. The Morgan fingerprint density at radius 3 is 2.71 bits per heavy atom. The van der Waals surface area contributed by atoms with E-state index in [1.54, 1.807) is 6.07 Å². The van der Waals surface area contributed by atoms with Crippen LogP contribution >= 0.6 is 0 Å². The van der Waals surface area contributed by atoms with E-state index in [-0.39, 0.29) is 5.82 Å². The van der Waals surface area contributed by atoms with Crippen LogP contribution in [-0.4, -0.2) is 14.5 Å². The summed E-state index contributed by atoms with van der Waals surface area (Å²) >= 11 is 0. The lowest BCUT2D eigenvalue weighted by Crippen LogP contribution is -2.05. The van der Waals surface area contributed by atoms with Crippen LogP contribution in [0.5, 0.6) is 0 Å². The van der Waals surface area contributed by atoms with Crippen LogP contribution in [0.25, 0.3) is 11.0 Å². The molecular weight excluding hydrogens is 267 g/mol. The van der Waals surface area contributed by atoms with Gasteiger partial charge in [-0.1, -0.05) is 18.2 Å². The van der Waals surface area contributed by atoms with Gasteiger partial charge in [-0.05, 0) is 37.5 Å². The summed E-state index contributed by atoms with van der Waals surface area (Å²) in [5.41, 5.74) is 9.64. The number of nitrogen functional groups attached to an aromatic ring is 1. The number of rotatable bonds is 3. The zero-order valence-corrected chi connectivity index (χ0v) is 12.1. The number of halogens is 1. The third-order valence-corrected chi connectivity index (χ3v) is 4.00. The molecule has 108 valence electrons. The van der Waals surface area contributed by atoms with Crippen molar-refractivity contribution in [1.29, 1.82) is 0 Å². The summed E-state index contributed by atoms with van der Waals surface area (Å²) in [6.07, 6.45) is 2.08. The van der Waals surface area contributed by atoms with Crippen molar-refractivity contribution in [2.45, 2.75) is 26.8 Å². The second-order valence-electron chi connectivity index (χ2n) is 5.16. The fourth-order valence-electron chi connectivity index (χ4n) is 2.70. The standard InChI is InChI=1S/C16H17FN4/c1-10-11(2)21(16-14(10)15(18)19-9-20-16)8-7-12-5-3-4-6-13(12)17/h3-6,9H,7-8H2,1-2H3,(H2,18,19,20). The number of nitrogens with two attached hydrogens (primary N) is 1. The molecule has 0 amide bonds. The summed E-state index contributed by atoms with van der Waals surface area (Å²) in [5, 5.41) is 0.892. The number of anilines is 1. The van der Waals surface area contributed by atoms with E-state index in [9.17, 15) is 4.39 Å². The molecular formula is C16H17FN4. The van der Waals surface area contributed by atoms with Crippen LogP contribution in [0.4, 0.5) is 10.2 Å². The van der Waals surface area contributed by atoms with E-state index < -0.39 is 0 Å². The Balaban J connectivity index is 2.00. The van der Waals surface area contributed by atoms with Crippen molar-refractivity contribution < 1.29 is 4.39 Å². The molecule has 0 aliphatic heterocycles. The first-order valence-electron chi connectivity index (χ1n) is 6.89. The molecule has 0 atom stereocenters. The Labute approximate surface area is 122 Å². The van der Waals surface area contributed by atoms with Crippen molar-refractivity contribution in [3.05, 3.63) is 53.2 Å². The zero-order chi connectivity index (χ0) is 15.0. The molecule has 0 saturated heterocycles. The maximum Gasteiger partial charge on any atom is 0.145 e. The van der Waals surface area contributed by atoms with Gasteiger partial charge in [-0.3, -0.25) is 0 Å². The zero-order valence-electron chi connectivity index (χ0n) is 12.1. The van der Waals surface area contributed by atoms with Crippen molar-refractivity contribution in [2.75, 3.05) is 5.73 Å². The van der Waals surface area contributed by atoms with E-state index in [4.69, 9.17) is 5.73 Å². The van der Waals surface area contributed by atoms with E-state index in [0.717, 1.165) is 22.3 Å². The monoisotopic (exact) mass is 284 g/mol. The van der Waals surface area contributed by atoms with Crippen molar-refractivity contribution >= 4 is 16.9 Å². The van der Waals surface area contributed by atoms with Crippen LogP contribution in [0.1, 0.15) is 16.8 Å². The predicted molar refractivity (Wildman–Crippen MR) is 81.5 cm³/mol. The van der Waals surface area contributed by atoms with Gasteiger partial charge in [-0.2, -0.15) is 0 Å². The van der Waals surface area contributed by atoms with Gasteiger partial charge in [0.05, 0.1) is 5.39 Å².